The Morgan fingerprint density at radius 1 is 1.17 bits per heavy atom. The van der Waals surface area contributed by atoms with Crippen molar-refractivity contribution < 1.29 is 5.11 Å². The highest BCUT2D eigenvalue weighted by Crippen LogP contribution is 2.22. The van der Waals surface area contributed by atoms with Crippen LogP contribution in [0.25, 0.3) is 0 Å². The topological polar surface area (TPSA) is 23.5 Å². The van der Waals surface area contributed by atoms with Gasteiger partial charge in [0.05, 0.1) is 0 Å². The lowest BCUT2D eigenvalue weighted by Crippen LogP contribution is -2.30. The molecule has 0 amide bonds. The number of aryl methyl sites for hydroxylation is 1. The lowest BCUT2D eigenvalue weighted by molar-refractivity contribution is 0.222. The Hall–Kier alpha value is -0.860. The molecule has 1 aromatic carbocycles. The number of likely N-dealkylation sites (tertiary alicyclic amines) is 1. The number of unbranched alkanes of at least 4 members (excludes halogenated alkanes) is 1. The smallest absolute Gasteiger partial charge is 0.0431 e. The van der Waals surface area contributed by atoms with Crippen molar-refractivity contribution in [3.8, 4) is 0 Å². The van der Waals surface area contributed by atoms with E-state index in [4.69, 9.17) is 5.11 Å². The molecule has 2 rings (SSSR count). The second kappa shape index (κ2) is 7.55. The quantitative estimate of drug-likeness (QED) is 0.749. The van der Waals surface area contributed by atoms with Gasteiger partial charge >= 0.3 is 0 Å². The minimum Gasteiger partial charge on any atom is -0.396 e. The van der Waals surface area contributed by atoms with Crippen LogP contribution in [0.2, 0.25) is 0 Å². The summed E-state index contributed by atoms with van der Waals surface area (Å²) in [4.78, 5) is 2.62. The summed E-state index contributed by atoms with van der Waals surface area (Å²) in [7, 11) is 0. The molecule has 0 bridgehead atoms. The zero-order valence-corrected chi connectivity index (χ0v) is 11.2. The van der Waals surface area contributed by atoms with Crippen LogP contribution >= 0.6 is 0 Å². The monoisotopic (exact) mass is 247 g/mol. The lowest BCUT2D eigenvalue weighted by Gasteiger charge is -2.24. The van der Waals surface area contributed by atoms with Crippen LogP contribution in [-0.2, 0) is 6.42 Å². The molecule has 1 saturated heterocycles. The third kappa shape index (κ3) is 4.11. The van der Waals surface area contributed by atoms with Gasteiger partial charge in [0, 0.05) is 12.6 Å². The number of hydrogen-bond acceptors (Lipinski definition) is 2. The minimum absolute atomic E-state index is 0.336. The van der Waals surface area contributed by atoms with E-state index in [1.165, 1.54) is 44.3 Å². The van der Waals surface area contributed by atoms with Gasteiger partial charge in [0.1, 0.15) is 0 Å². The summed E-state index contributed by atoms with van der Waals surface area (Å²) in [6.07, 6.45) is 7.26. The molecule has 1 aromatic rings. The standard InChI is InChI=1S/C16H25NO/c18-14-5-4-12-17-13-6-9-16(17)11-10-15-7-2-1-3-8-15/h1-3,7-8,16,18H,4-6,9-14H2. The van der Waals surface area contributed by atoms with Gasteiger partial charge in [-0.1, -0.05) is 30.3 Å². The average molecular weight is 247 g/mol. The number of aliphatic hydroxyl groups is 1. The van der Waals surface area contributed by atoms with Gasteiger partial charge in [-0.05, 0) is 57.2 Å². The van der Waals surface area contributed by atoms with E-state index in [1.54, 1.807) is 0 Å². The molecule has 1 heterocycles. The molecule has 2 heteroatoms. The fourth-order valence-electron chi connectivity index (χ4n) is 2.92. The molecular weight excluding hydrogens is 222 g/mol. The molecular formula is C16H25NO. The van der Waals surface area contributed by atoms with Gasteiger partial charge in [0.15, 0.2) is 0 Å². The van der Waals surface area contributed by atoms with Crippen molar-refractivity contribution in [1.29, 1.82) is 0 Å². The van der Waals surface area contributed by atoms with E-state index >= 15 is 0 Å². The molecule has 100 valence electrons. The van der Waals surface area contributed by atoms with Gasteiger partial charge in [-0.15, -0.1) is 0 Å². The van der Waals surface area contributed by atoms with Gasteiger partial charge in [-0.2, -0.15) is 0 Å². The summed E-state index contributed by atoms with van der Waals surface area (Å²) in [5.74, 6) is 0. The fourth-order valence-corrected chi connectivity index (χ4v) is 2.92. The Bertz CT molecular complexity index is 325. The Morgan fingerprint density at radius 3 is 2.78 bits per heavy atom. The summed E-state index contributed by atoms with van der Waals surface area (Å²) in [5, 5.41) is 8.84. The summed E-state index contributed by atoms with van der Waals surface area (Å²) >= 11 is 0. The first-order valence-corrected chi connectivity index (χ1v) is 7.29. The first-order valence-electron chi connectivity index (χ1n) is 7.29. The molecule has 1 aliphatic rings. The maximum atomic E-state index is 8.84. The SMILES string of the molecule is OCCCCN1CCCC1CCc1ccccc1. The molecule has 1 fully saturated rings. The van der Waals surface area contributed by atoms with Crippen LogP contribution in [0.5, 0.6) is 0 Å². The van der Waals surface area contributed by atoms with Gasteiger partial charge in [0.25, 0.3) is 0 Å². The lowest BCUT2D eigenvalue weighted by atomic mass is 10.0. The summed E-state index contributed by atoms with van der Waals surface area (Å²) < 4.78 is 0. The van der Waals surface area contributed by atoms with Crippen molar-refractivity contribution in [2.75, 3.05) is 19.7 Å². The maximum Gasteiger partial charge on any atom is 0.0431 e. The predicted octanol–water partition coefficient (Wildman–Crippen LogP) is 2.86. The first kappa shape index (κ1) is 13.6. The van der Waals surface area contributed by atoms with Crippen LogP contribution in [0.15, 0.2) is 30.3 Å². The van der Waals surface area contributed by atoms with Crippen LogP contribution in [0.1, 0.15) is 37.7 Å². The van der Waals surface area contributed by atoms with Crippen molar-refractivity contribution in [2.24, 2.45) is 0 Å². The number of nitrogens with zero attached hydrogens (tertiary/aromatic N) is 1. The van der Waals surface area contributed by atoms with Gasteiger partial charge in [-0.25, -0.2) is 0 Å². The largest absolute Gasteiger partial charge is 0.396 e. The molecule has 0 aromatic heterocycles. The third-order valence-electron chi connectivity index (χ3n) is 3.96. The third-order valence-corrected chi connectivity index (χ3v) is 3.96. The molecule has 0 radical (unpaired) electrons. The number of aliphatic hydroxyl groups excluding tert-OH is 1. The Labute approximate surface area is 111 Å². The van der Waals surface area contributed by atoms with Gasteiger partial charge < -0.3 is 10.0 Å². The van der Waals surface area contributed by atoms with Crippen LogP contribution in [0.3, 0.4) is 0 Å². The highest BCUT2D eigenvalue weighted by atomic mass is 16.2. The van der Waals surface area contributed by atoms with Gasteiger partial charge in [-0.3, -0.25) is 0 Å². The van der Waals surface area contributed by atoms with E-state index in [2.05, 4.69) is 35.2 Å². The van der Waals surface area contributed by atoms with Crippen molar-refractivity contribution in [2.45, 2.75) is 44.6 Å². The second-order valence-corrected chi connectivity index (χ2v) is 5.29. The first-order chi connectivity index (χ1) is 8.90. The zero-order chi connectivity index (χ0) is 12.6. The summed E-state index contributed by atoms with van der Waals surface area (Å²) in [6, 6.07) is 11.6. The van der Waals surface area contributed by atoms with Gasteiger partial charge in [0.2, 0.25) is 0 Å². The highest BCUT2D eigenvalue weighted by Gasteiger charge is 2.23. The van der Waals surface area contributed by atoms with Crippen molar-refractivity contribution in [1.82, 2.24) is 4.90 Å². The zero-order valence-electron chi connectivity index (χ0n) is 11.2. The van der Waals surface area contributed by atoms with Crippen molar-refractivity contribution in [3.05, 3.63) is 35.9 Å². The molecule has 1 atom stereocenters. The highest BCUT2D eigenvalue weighted by molar-refractivity contribution is 5.14. The molecule has 2 nitrogen and oxygen atoms in total. The number of benzene rings is 1. The van der Waals surface area contributed by atoms with E-state index in [0.29, 0.717) is 6.61 Å². The summed E-state index contributed by atoms with van der Waals surface area (Å²) in [6.45, 7) is 2.76. The minimum atomic E-state index is 0.336. The second-order valence-electron chi connectivity index (χ2n) is 5.29. The van der Waals surface area contributed by atoms with Crippen LogP contribution in [0.4, 0.5) is 0 Å². The number of hydrogen-bond donors (Lipinski definition) is 1. The Morgan fingerprint density at radius 2 is 2.00 bits per heavy atom. The molecule has 1 unspecified atom stereocenters. The molecule has 18 heavy (non-hydrogen) atoms. The molecule has 0 saturated carbocycles. The molecule has 0 spiro atoms. The van der Waals surface area contributed by atoms with Crippen molar-refractivity contribution in [3.63, 3.8) is 0 Å². The maximum absolute atomic E-state index is 8.84. The molecule has 0 aliphatic carbocycles. The average Bonchev–Trinajstić information content (AvgIpc) is 2.86. The molecule has 1 N–H and O–H groups in total. The normalized spacial score (nSPS) is 20.4. The van der Waals surface area contributed by atoms with Crippen molar-refractivity contribution >= 4 is 0 Å². The van der Waals surface area contributed by atoms with Crippen LogP contribution in [0, 0.1) is 0 Å². The van der Waals surface area contributed by atoms with E-state index < -0.39 is 0 Å². The Kier molecular flexibility index (Phi) is 5.69. The van der Waals surface area contributed by atoms with E-state index in [1.807, 2.05) is 0 Å². The van der Waals surface area contributed by atoms with E-state index in [0.717, 1.165) is 18.9 Å². The van der Waals surface area contributed by atoms with E-state index in [-0.39, 0.29) is 0 Å². The van der Waals surface area contributed by atoms with Crippen LogP contribution in [-0.4, -0.2) is 35.7 Å². The molecule has 1 aliphatic heterocycles. The van der Waals surface area contributed by atoms with Crippen LogP contribution < -0.4 is 0 Å². The predicted molar refractivity (Wildman–Crippen MR) is 75.7 cm³/mol. The fraction of sp³-hybridized carbons (Fsp3) is 0.625. The summed E-state index contributed by atoms with van der Waals surface area (Å²) in [5.41, 5.74) is 1.46. The van der Waals surface area contributed by atoms with E-state index in [9.17, 15) is 0 Å². The number of rotatable bonds is 7. The Balaban J connectivity index is 1.74.